The molecular weight excluding hydrogens is 282 g/mol. The molecule has 0 atom stereocenters. The van der Waals surface area contributed by atoms with Gasteiger partial charge < -0.3 is 9.57 Å². The first-order valence-corrected chi connectivity index (χ1v) is 8.02. The third kappa shape index (κ3) is 5.27. The third-order valence-electron chi connectivity index (χ3n) is 3.59. The average Bonchev–Trinajstić information content (AvgIpc) is 2.34. The summed E-state index contributed by atoms with van der Waals surface area (Å²) >= 11 is 0. The number of carbonyl (C=O) groups is 2. The normalized spacial score (nSPS) is 21.3. The van der Waals surface area contributed by atoms with Gasteiger partial charge in [-0.1, -0.05) is 13.8 Å². The first kappa shape index (κ1) is 20.9. The molecule has 0 saturated carbocycles. The molecule has 0 aromatic carbocycles. The fraction of sp³-hybridized carbons (Fsp3) is 0.882. The summed E-state index contributed by atoms with van der Waals surface area (Å²) in [6, 6.07) is 0. The van der Waals surface area contributed by atoms with Crippen LogP contribution in [0.5, 0.6) is 0 Å². The highest BCUT2D eigenvalue weighted by Crippen LogP contribution is 2.40. The molecule has 22 heavy (non-hydrogen) atoms. The minimum absolute atomic E-state index is 0.151. The maximum atomic E-state index is 12.2. The monoisotopic (exact) mass is 315 g/mol. The molecule has 0 aromatic rings. The van der Waals surface area contributed by atoms with Crippen molar-refractivity contribution >= 4 is 12.4 Å². The number of nitrogens with zero attached hydrogens (tertiary/aromatic N) is 1. The number of hydroxylamine groups is 2. The van der Waals surface area contributed by atoms with Crippen LogP contribution < -0.4 is 0 Å². The number of piperidine rings is 1. The summed E-state index contributed by atoms with van der Waals surface area (Å²) in [6.45, 7) is 18.0. The number of ether oxygens (including phenoxy) is 1. The third-order valence-corrected chi connectivity index (χ3v) is 3.59. The summed E-state index contributed by atoms with van der Waals surface area (Å²) in [6.07, 6.45) is 1.11. The van der Waals surface area contributed by atoms with E-state index in [1.165, 1.54) is 0 Å². The van der Waals surface area contributed by atoms with Crippen molar-refractivity contribution < 1.29 is 19.2 Å². The molecule has 5 heteroatoms. The van der Waals surface area contributed by atoms with Gasteiger partial charge in [-0.15, -0.1) is 5.06 Å². The van der Waals surface area contributed by atoms with Crippen molar-refractivity contribution in [3.63, 3.8) is 0 Å². The Morgan fingerprint density at radius 3 is 1.82 bits per heavy atom. The number of rotatable bonds is 3. The fourth-order valence-corrected chi connectivity index (χ4v) is 2.81. The van der Waals surface area contributed by atoms with E-state index < -0.39 is 16.5 Å². The van der Waals surface area contributed by atoms with E-state index in [1.54, 1.807) is 5.06 Å². The Balaban J connectivity index is 0.00000211. The van der Waals surface area contributed by atoms with Crippen LogP contribution in [0.1, 0.15) is 75.2 Å². The second-order valence-electron chi connectivity index (χ2n) is 7.81. The van der Waals surface area contributed by atoms with Crippen LogP contribution in [0.25, 0.3) is 0 Å². The molecular formula is C17H33NO4. The molecule has 1 heterocycles. The zero-order chi connectivity index (χ0) is 17.8. The lowest BCUT2D eigenvalue weighted by Gasteiger charge is -2.52. The molecule has 0 unspecified atom stereocenters. The Morgan fingerprint density at radius 1 is 1.09 bits per heavy atom. The van der Waals surface area contributed by atoms with Gasteiger partial charge in [-0.2, -0.15) is 0 Å². The maximum absolute atomic E-state index is 12.2. The van der Waals surface area contributed by atoms with Gasteiger partial charge in [0.05, 0.1) is 16.5 Å². The molecule has 0 spiro atoms. The van der Waals surface area contributed by atoms with Gasteiger partial charge in [0, 0.05) is 12.8 Å². The highest BCUT2D eigenvalue weighted by molar-refractivity contribution is 5.75. The first-order chi connectivity index (χ1) is 9.90. The van der Waals surface area contributed by atoms with Crippen molar-refractivity contribution in [2.45, 2.75) is 92.3 Å². The number of carbonyl (C=O) groups excluding carboxylic acids is 2. The van der Waals surface area contributed by atoms with Gasteiger partial charge in [0.25, 0.3) is 6.47 Å². The second-order valence-corrected chi connectivity index (χ2v) is 7.81. The molecule has 0 radical (unpaired) electrons. The molecule has 1 saturated heterocycles. The Labute approximate surface area is 135 Å². The van der Waals surface area contributed by atoms with Crippen LogP contribution in [0.15, 0.2) is 0 Å². The lowest BCUT2D eigenvalue weighted by molar-refractivity contribution is -0.281. The van der Waals surface area contributed by atoms with Gasteiger partial charge in [-0.3, -0.25) is 4.79 Å². The average molecular weight is 315 g/mol. The molecule has 1 rings (SSSR count). The van der Waals surface area contributed by atoms with Crippen molar-refractivity contribution in [3.05, 3.63) is 0 Å². The SMILES string of the molecule is CC.CC(C)(C)C(=O)ON1C(C)(C)CC(OC=O)CC1(C)C. The summed E-state index contributed by atoms with van der Waals surface area (Å²) in [5.74, 6) is -0.256. The topological polar surface area (TPSA) is 55.8 Å². The van der Waals surface area contributed by atoms with Crippen LogP contribution in [-0.2, 0) is 19.2 Å². The van der Waals surface area contributed by atoms with Gasteiger partial charge in [0.2, 0.25) is 0 Å². The van der Waals surface area contributed by atoms with Gasteiger partial charge in [0.1, 0.15) is 6.10 Å². The smallest absolute Gasteiger partial charge is 0.330 e. The van der Waals surface area contributed by atoms with Crippen molar-refractivity contribution in [2.75, 3.05) is 0 Å². The van der Waals surface area contributed by atoms with Crippen LogP contribution >= 0.6 is 0 Å². The van der Waals surface area contributed by atoms with Gasteiger partial charge in [-0.25, -0.2) is 4.79 Å². The van der Waals surface area contributed by atoms with E-state index in [0.717, 1.165) is 0 Å². The minimum atomic E-state index is -0.553. The van der Waals surface area contributed by atoms with Crippen LogP contribution in [0.2, 0.25) is 0 Å². The quantitative estimate of drug-likeness (QED) is 0.743. The minimum Gasteiger partial charge on any atom is -0.464 e. The maximum Gasteiger partial charge on any atom is 0.330 e. The number of hydrogen-bond donors (Lipinski definition) is 0. The highest BCUT2D eigenvalue weighted by atomic mass is 16.7. The molecule has 1 aliphatic heterocycles. The summed E-state index contributed by atoms with van der Waals surface area (Å²) in [5.41, 5.74) is -1.34. The fourth-order valence-electron chi connectivity index (χ4n) is 2.81. The largest absolute Gasteiger partial charge is 0.464 e. The van der Waals surface area contributed by atoms with E-state index in [9.17, 15) is 9.59 Å². The second kappa shape index (κ2) is 7.44. The van der Waals surface area contributed by atoms with Crippen molar-refractivity contribution in [1.82, 2.24) is 5.06 Å². The summed E-state index contributed by atoms with van der Waals surface area (Å²) < 4.78 is 5.13. The molecule has 0 N–H and O–H groups in total. The standard InChI is InChI=1S/C15H27NO4.C2H6/c1-13(2,3)12(18)20-16-14(4,5)8-11(19-10-17)9-15(16,6)7;1-2/h10-11H,8-9H2,1-7H3;1-2H3. The predicted octanol–water partition coefficient (Wildman–Crippen LogP) is 3.71. The predicted molar refractivity (Wildman–Crippen MR) is 87.1 cm³/mol. The molecule has 0 bridgehead atoms. The van der Waals surface area contributed by atoms with E-state index in [4.69, 9.17) is 9.57 Å². The van der Waals surface area contributed by atoms with Gasteiger partial charge >= 0.3 is 5.97 Å². The molecule has 5 nitrogen and oxygen atoms in total. The van der Waals surface area contributed by atoms with Gasteiger partial charge in [0.15, 0.2) is 0 Å². The van der Waals surface area contributed by atoms with Crippen molar-refractivity contribution in [2.24, 2.45) is 5.41 Å². The van der Waals surface area contributed by atoms with E-state index in [1.807, 2.05) is 62.3 Å². The van der Waals surface area contributed by atoms with E-state index in [0.29, 0.717) is 19.3 Å². The first-order valence-electron chi connectivity index (χ1n) is 8.02. The molecule has 0 aromatic heterocycles. The summed E-state index contributed by atoms with van der Waals surface area (Å²) in [4.78, 5) is 28.4. The van der Waals surface area contributed by atoms with E-state index in [-0.39, 0.29) is 12.1 Å². The lowest BCUT2D eigenvalue weighted by atomic mass is 9.80. The van der Waals surface area contributed by atoms with Crippen LogP contribution in [0.4, 0.5) is 0 Å². The summed E-state index contributed by atoms with van der Waals surface area (Å²) in [5, 5.41) is 1.76. The van der Waals surface area contributed by atoms with Crippen LogP contribution in [-0.4, -0.2) is 34.7 Å². The Bertz CT molecular complexity index is 365. The van der Waals surface area contributed by atoms with Crippen molar-refractivity contribution in [3.8, 4) is 0 Å². The van der Waals surface area contributed by atoms with Crippen molar-refractivity contribution in [1.29, 1.82) is 0 Å². The lowest BCUT2D eigenvalue weighted by Crippen LogP contribution is -2.62. The Kier molecular flexibility index (Phi) is 7.07. The van der Waals surface area contributed by atoms with E-state index >= 15 is 0 Å². The number of hydrogen-bond acceptors (Lipinski definition) is 5. The Morgan fingerprint density at radius 2 is 1.50 bits per heavy atom. The zero-order valence-electron chi connectivity index (χ0n) is 15.6. The molecule has 0 aliphatic carbocycles. The molecule has 1 fully saturated rings. The zero-order valence-corrected chi connectivity index (χ0v) is 15.6. The molecule has 1 aliphatic rings. The summed E-state index contributed by atoms with van der Waals surface area (Å²) in [7, 11) is 0. The Hall–Kier alpha value is -1.10. The highest BCUT2D eigenvalue weighted by Gasteiger charge is 2.49. The molecule has 130 valence electrons. The van der Waals surface area contributed by atoms with Gasteiger partial charge in [-0.05, 0) is 48.5 Å². The van der Waals surface area contributed by atoms with Crippen LogP contribution in [0.3, 0.4) is 0 Å². The van der Waals surface area contributed by atoms with Crippen LogP contribution in [0, 0.1) is 5.41 Å². The van der Waals surface area contributed by atoms with E-state index in [2.05, 4.69) is 0 Å². The molecule has 0 amide bonds.